The summed E-state index contributed by atoms with van der Waals surface area (Å²) >= 11 is 1.41. The van der Waals surface area contributed by atoms with Crippen molar-refractivity contribution in [2.24, 2.45) is 5.16 Å². The Balaban J connectivity index is 1.90. The Hall–Kier alpha value is -3.69. The smallest absolute Gasteiger partial charge is 0.318 e. The number of hydrogen-bond acceptors (Lipinski definition) is 5. The van der Waals surface area contributed by atoms with E-state index in [-0.39, 0.29) is 5.78 Å². The molecule has 0 radical (unpaired) electrons. The number of thiophene rings is 1. The zero-order valence-electron chi connectivity index (χ0n) is 15.8. The van der Waals surface area contributed by atoms with Crippen molar-refractivity contribution in [3.63, 3.8) is 0 Å². The van der Waals surface area contributed by atoms with Crippen molar-refractivity contribution < 1.29 is 14.4 Å². The zero-order valence-corrected chi connectivity index (χ0v) is 16.6. The van der Waals surface area contributed by atoms with Crippen LogP contribution >= 0.6 is 11.3 Å². The van der Waals surface area contributed by atoms with E-state index >= 15 is 0 Å². The van der Waals surface area contributed by atoms with Crippen LogP contribution in [0.25, 0.3) is 21.8 Å². The van der Waals surface area contributed by atoms with Crippen molar-refractivity contribution >= 4 is 50.6 Å². The van der Waals surface area contributed by atoms with Gasteiger partial charge in [0.05, 0.1) is 21.6 Å². The minimum atomic E-state index is -0.480. The van der Waals surface area contributed by atoms with Gasteiger partial charge in [-0.1, -0.05) is 23.7 Å². The SMILES string of the molecule is C#Cn1c2ccc(C(=O)c3cccs3)cc2c2cc(/C(C)=N/OC(C)=O)ccc21. The number of nitrogens with zero attached hydrogens (tertiary/aromatic N) is 2. The Morgan fingerprint density at radius 2 is 1.69 bits per heavy atom. The van der Waals surface area contributed by atoms with Crippen LogP contribution in [0.3, 0.4) is 0 Å². The Morgan fingerprint density at radius 3 is 2.28 bits per heavy atom. The summed E-state index contributed by atoms with van der Waals surface area (Å²) in [6.45, 7) is 3.06. The molecule has 0 aliphatic rings. The molecule has 0 aliphatic carbocycles. The van der Waals surface area contributed by atoms with E-state index in [1.165, 1.54) is 18.3 Å². The van der Waals surface area contributed by atoms with Gasteiger partial charge in [-0.25, -0.2) is 4.79 Å². The van der Waals surface area contributed by atoms with Crippen LogP contribution in [0.2, 0.25) is 0 Å². The van der Waals surface area contributed by atoms with Gasteiger partial charge in [-0.2, -0.15) is 0 Å². The van der Waals surface area contributed by atoms with E-state index in [1.54, 1.807) is 17.6 Å². The number of ketones is 1. The van der Waals surface area contributed by atoms with E-state index in [0.29, 0.717) is 16.2 Å². The van der Waals surface area contributed by atoms with E-state index in [4.69, 9.17) is 11.3 Å². The van der Waals surface area contributed by atoms with Gasteiger partial charge in [0.1, 0.15) is 0 Å². The van der Waals surface area contributed by atoms with Crippen molar-refractivity contribution in [2.45, 2.75) is 13.8 Å². The third-order valence-electron chi connectivity index (χ3n) is 4.63. The van der Waals surface area contributed by atoms with Gasteiger partial charge < -0.3 is 4.84 Å². The average Bonchev–Trinajstić information content (AvgIpc) is 3.36. The molecular formula is C23H16N2O3S. The van der Waals surface area contributed by atoms with Crippen molar-refractivity contribution in [3.8, 4) is 12.5 Å². The van der Waals surface area contributed by atoms with Crippen molar-refractivity contribution in [2.75, 3.05) is 0 Å². The molecule has 0 fully saturated rings. The Bertz CT molecular complexity index is 1340. The summed E-state index contributed by atoms with van der Waals surface area (Å²) in [5, 5.41) is 7.51. The maximum absolute atomic E-state index is 12.8. The van der Waals surface area contributed by atoms with Gasteiger partial charge in [0.15, 0.2) is 0 Å². The molecule has 0 saturated heterocycles. The molecule has 2 aromatic carbocycles. The number of oxime groups is 1. The number of hydrogen-bond donors (Lipinski definition) is 0. The number of carbonyl (C=O) groups excluding carboxylic acids is 2. The molecule has 0 aliphatic heterocycles. The highest BCUT2D eigenvalue weighted by Crippen LogP contribution is 2.31. The molecule has 2 aromatic heterocycles. The average molecular weight is 400 g/mol. The standard InChI is InChI=1S/C23H16N2O3S/c1-4-25-20-9-7-16(14(2)24-28-15(3)26)12-18(20)19-13-17(8-10-21(19)25)23(27)22-6-5-11-29-22/h1,5-13H,2-3H3/b24-14+. The van der Waals surface area contributed by atoms with Gasteiger partial charge in [0, 0.05) is 29.3 Å². The number of terminal acetylenes is 1. The van der Waals surface area contributed by atoms with Gasteiger partial charge in [-0.3, -0.25) is 9.36 Å². The summed E-state index contributed by atoms with van der Waals surface area (Å²) < 4.78 is 1.76. The summed E-state index contributed by atoms with van der Waals surface area (Å²) in [5.74, 6) is -0.502. The summed E-state index contributed by atoms with van der Waals surface area (Å²) in [5.41, 5.74) is 3.66. The lowest BCUT2D eigenvalue weighted by molar-refractivity contribution is -0.140. The molecule has 29 heavy (non-hydrogen) atoms. The molecule has 2 heterocycles. The summed E-state index contributed by atoms with van der Waals surface area (Å²) in [4.78, 5) is 29.2. The number of benzene rings is 2. The lowest BCUT2D eigenvalue weighted by Gasteiger charge is -2.02. The fourth-order valence-electron chi connectivity index (χ4n) is 3.26. The van der Waals surface area contributed by atoms with Crippen molar-refractivity contribution in [1.29, 1.82) is 0 Å². The molecule has 0 bridgehead atoms. The van der Waals surface area contributed by atoms with Gasteiger partial charge >= 0.3 is 5.97 Å². The first kappa shape index (κ1) is 18.7. The van der Waals surface area contributed by atoms with Crippen molar-refractivity contribution in [3.05, 3.63) is 69.9 Å². The van der Waals surface area contributed by atoms with Gasteiger partial charge in [0.25, 0.3) is 0 Å². The lowest BCUT2D eigenvalue weighted by atomic mass is 10.0. The number of aromatic nitrogens is 1. The van der Waals surface area contributed by atoms with Gasteiger partial charge in [0.2, 0.25) is 5.78 Å². The maximum atomic E-state index is 12.8. The Kier molecular flexibility index (Phi) is 4.75. The lowest BCUT2D eigenvalue weighted by Crippen LogP contribution is -1.99. The highest BCUT2D eigenvalue weighted by Gasteiger charge is 2.15. The Labute approximate surface area is 171 Å². The second-order valence-corrected chi connectivity index (χ2v) is 7.44. The third-order valence-corrected chi connectivity index (χ3v) is 5.50. The van der Waals surface area contributed by atoms with Crippen molar-refractivity contribution in [1.82, 2.24) is 4.57 Å². The molecule has 0 spiro atoms. The van der Waals surface area contributed by atoms with E-state index in [9.17, 15) is 9.59 Å². The monoisotopic (exact) mass is 400 g/mol. The zero-order chi connectivity index (χ0) is 20.5. The molecular weight excluding hydrogens is 384 g/mol. The maximum Gasteiger partial charge on any atom is 0.331 e. The summed E-state index contributed by atoms with van der Waals surface area (Å²) in [6, 6.07) is 17.6. The van der Waals surface area contributed by atoms with E-state index in [2.05, 4.69) is 11.2 Å². The minimum Gasteiger partial charge on any atom is -0.318 e. The fraction of sp³-hybridized carbons (Fsp3) is 0.0870. The second kappa shape index (κ2) is 7.38. The van der Waals surface area contributed by atoms with E-state index in [1.807, 2.05) is 47.8 Å². The van der Waals surface area contributed by atoms with Crippen LogP contribution in [0.1, 0.15) is 34.6 Å². The normalized spacial score (nSPS) is 11.6. The first-order valence-corrected chi connectivity index (χ1v) is 9.73. The molecule has 0 amide bonds. The third kappa shape index (κ3) is 3.33. The predicted octanol–water partition coefficient (Wildman–Crippen LogP) is 4.81. The molecule has 4 aromatic rings. The number of fused-ring (bicyclic) bond motifs is 3. The number of carbonyl (C=O) groups is 2. The van der Waals surface area contributed by atoms with E-state index < -0.39 is 5.97 Å². The second-order valence-electron chi connectivity index (χ2n) is 6.49. The molecule has 6 heteroatoms. The molecule has 0 N–H and O–H groups in total. The van der Waals surface area contributed by atoms with Crippen LogP contribution in [0.15, 0.2) is 59.1 Å². The minimum absolute atomic E-state index is 0.0211. The topological polar surface area (TPSA) is 60.7 Å². The molecule has 0 saturated carbocycles. The van der Waals surface area contributed by atoms with Gasteiger partial charge in [-0.15, -0.1) is 11.3 Å². The quantitative estimate of drug-likeness (QED) is 0.162. The highest BCUT2D eigenvalue weighted by molar-refractivity contribution is 7.12. The van der Waals surface area contributed by atoms with E-state index in [0.717, 1.165) is 27.4 Å². The Morgan fingerprint density at radius 1 is 1.03 bits per heavy atom. The number of rotatable bonds is 4. The molecule has 4 rings (SSSR count). The van der Waals surface area contributed by atoms with Crippen LogP contribution < -0.4 is 0 Å². The first-order valence-electron chi connectivity index (χ1n) is 8.85. The van der Waals surface area contributed by atoms with Crippen LogP contribution in [0, 0.1) is 12.5 Å². The molecule has 0 unspecified atom stereocenters. The van der Waals surface area contributed by atoms with Crippen LogP contribution in [-0.4, -0.2) is 22.0 Å². The summed E-state index contributed by atoms with van der Waals surface area (Å²) in [6.07, 6.45) is 5.75. The summed E-state index contributed by atoms with van der Waals surface area (Å²) in [7, 11) is 0. The van der Waals surface area contributed by atoms with Crippen LogP contribution in [0.5, 0.6) is 0 Å². The van der Waals surface area contributed by atoms with Crippen LogP contribution in [-0.2, 0) is 9.63 Å². The van der Waals surface area contributed by atoms with Crippen LogP contribution in [0.4, 0.5) is 0 Å². The first-order chi connectivity index (χ1) is 14.0. The largest absolute Gasteiger partial charge is 0.331 e. The highest BCUT2D eigenvalue weighted by atomic mass is 32.1. The molecule has 142 valence electrons. The molecule has 5 nitrogen and oxygen atoms in total. The fourth-order valence-corrected chi connectivity index (χ4v) is 3.95. The van der Waals surface area contributed by atoms with Gasteiger partial charge in [-0.05, 0) is 54.3 Å². The predicted molar refractivity (Wildman–Crippen MR) is 115 cm³/mol. The molecule has 0 atom stereocenters.